The highest BCUT2D eigenvalue weighted by Gasteiger charge is 2.20. The van der Waals surface area contributed by atoms with E-state index in [4.69, 9.17) is 16.7 Å². The predicted octanol–water partition coefficient (Wildman–Crippen LogP) is 1.58. The number of aromatic nitrogens is 4. The van der Waals surface area contributed by atoms with Gasteiger partial charge in [-0.3, -0.25) is 0 Å². The minimum Gasteiger partial charge on any atom is -0.477 e. The van der Waals surface area contributed by atoms with Crippen molar-refractivity contribution in [2.45, 2.75) is 13.0 Å². The van der Waals surface area contributed by atoms with E-state index < -0.39 is 5.97 Å². The summed E-state index contributed by atoms with van der Waals surface area (Å²) < 4.78 is 3.30. The number of rotatable bonds is 3. The standard InChI is InChI=1S/C10H11ClN4O2/c1-6(9-13-12-5-14(9)2)15-4-7(11)3-8(15)10(16)17/h3-6H,1-2H3,(H,16,17). The Hall–Kier alpha value is -1.82. The molecule has 0 aliphatic carbocycles. The van der Waals surface area contributed by atoms with Gasteiger partial charge in [0.1, 0.15) is 12.0 Å². The lowest BCUT2D eigenvalue weighted by molar-refractivity contribution is 0.0684. The van der Waals surface area contributed by atoms with Crippen LogP contribution in [0, 0.1) is 0 Å². The van der Waals surface area contributed by atoms with E-state index in [2.05, 4.69) is 10.2 Å². The summed E-state index contributed by atoms with van der Waals surface area (Å²) in [6.07, 6.45) is 3.14. The van der Waals surface area contributed by atoms with Crippen LogP contribution in [0.25, 0.3) is 0 Å². The van der Waals surface area contributed by atoms with Crippen molar-refractivity contribution in [1.29, 1.82) is 0 Å². The minimum atomic E-state index is -1.02. The Labute approximate surface area is 102 Å². The van der Waals surface area contributed by atoms with Crippen LogP contribution in [0.5, 0.6) is 0 Å². The first-order chi connectivity index (χ1) is 8.00. The lowest BCUT2D eigenvalue weighted by atomic mass is 10.3. The summed E-state index contributed by atoms with van der Waals surface area (Å²) >= 11 is 5.83. The van der Waals surface area contributed by atoms with Crippen molar-refractivity contribution < 1.29 is 9.90 Å². The van der Waals surface area contributed by atoms with E-state index in [1.165, 1.54) is 6.07 Å². The number of halogens is 1. The van der Waals surface area contributed by atoms with Crippen LogP contribution in [0.15, 0.2) is 18.6 Å². The molecule has 2 aromatic heterocycles. The van der Waals surface area contributed by atoms with Gasteiger partial charge in [-0.1, -0.05) is 11.6 Å². The molecule has 1 atom stereocenters. The maximum absolute atomic E-state index is 11.1. The van der Waals surface area contributed by atoms with Crippen LogP contribution in [0.3, 0.4) is 0 Å². The van der Waals surface area contributed by atoms with E-state index in [0.717, 1.165) is 0 Å². The van der Waals surface area contributed by atoms with Gasteiger partial charge in [-0.2, -0.15) is 0 Å². The second kappa shape index (κ2) is 4.21. The molecule has 0 saturated carbocycles. The summed E-state index contributed by atoms with van der Waals surface area (Å²) in [6.45, 7) is 1.84. The third-order valence-corrected chi connectivity index (χ3v) is 2.78. The number of carboxylic acid groups (broad SMARTS) is 1. The van der Waals surface area contributed by atoms with E-state index >= 15 is 0 Å². The lowest BCUT2D eigenvalue weighted by Gasteiger charge is -2.14. The van der Waals surface area contributed by atoms with Gasteiger partial charge in [-0.25, -0.2) is 4.79 Å². The SMILES string of the molecule is CC(c1nncn1C)n1cc(Cl)cc1C(=O)O. The Bertz CT molecular complexity index is 560. The average Bonchev–Trinajstić information content (AvgIpc) is 2.83. The van der Waals surface area contributed by atoms with Crippen LogP contribution in [-0.4, -0.2) is 30.4 Å². The number of hydrogen-bond donors (Lipinski definition) is 1. The molecule has 0 saturated heterocycles. The summed E-state index contributed by atoms with van der Waals surface area (Å²) in [5.41, 5.74) is 0.130. The number of carboxylic acids is 1. The normalized spacial score (nSPS) is 12.6. The van der Waals surface area contributed by atoms with Crippen molar-refractivity contribution >= 4 is 17.6 Å². The fourth-order valence-corrected chi connectivity index (χ4v) is 1.94. The van der Waals surface area contributed by atoms with E-state index in [9.17, 15) is 4.79 Å². The molecule has 0 aromatic carbocycles. The number of hydrogen-bond acceptors (Lipinski definition) is 3. The molecule has 2 rings (SSSR count). The molecule has 17 heavy (non-hydrogen) atoms. The van der Waals surface area contributed by atoms with E-state index in [1.54, 1.807) is 28.7 Å². The highest BCUT2D eigenvalue weighted by atomic mass is 35.5. The van der Waals surface area contributed by atoms with E-state index in [1.807, 2.05) is 6.92 Å². The second-order valence-corrected chi connectivity index (χ2v) is 4.17. The Morgan fingerprint density at radius 3 is 2.82 bits per heavy atom. The van der Waals surface area contributed by atoms with Crippen molar-refractivity contribution in [3.05, 3.63) is 35.1 Å². The van der Waals surface area contributed by atoms with Gasteiger partial charge in [0.05, 0.1) is 11.1 Å². The van der Waals surface area contributed by atoms with Crippen LogP contribution in [0.4, 0.5) is 0 Å². The maximum Gasteiger partial charge on any atom is 0.352 e. The Balaban J connectivity index is 2.47. The number of aryl methyl sites for hydroxylation is 1. The van der Waals surface area contributed by atoms with Gasteiger partial charge >= 0.3 is 5.97 Å². The van der Waals surface area contributed by atoms with Gasteiger partial charge < -0.3 is 14.2 Å². The van der Waals surface area contributed by atoms with Gasteiger partial charge in [0.25, 0.3) is 0 Å². The van der Waals surface area contributed by atoms with Crippen molar-refractivity contribution in [2.75, 3.05) is 0 Å². The molecule has 1 unspecified atom stereocenters. The molecule has 0 aliphatic rings. The number of aromatic carboxylic acids is 1. The lowest BCUT2D eigenvalue weighted by Crippen LogP contribution is -2.16. The summed E-state index contributed by atoms with van der Waals surface area (Å²) in [4.78, 5) is 11.1. The molecule has 90 valence electrons. The first-order valence-electron chi connectivity index (χ1n) is 4.95. The van der Waals surface area contributed by atoms with Crippen molar-refractivity contribution in [2.24, 2.45) is 7.05 Å². The Morgan fingerprint density at radius 1 is 1.59 bits per heavy atom. The third kappa shape index (κ3) is 2.03. The predicted molar refractivity (Wildman–Crippen MR) is 61.2 cm³/mol. The molecule has 7 heteroatoms. The van der Waals surface area contributed by atoms with Gasteiger partial charge in [0.15, 0.2) is 5.82 Å². The smallest absolute Gasteiger partial charge is 0.352 e. The molecule has 0 bridgehead atoms. The highest BCUT2D eigenvalue weighted by molar-refractivity contribution is 6.30. The molecule has 0 spiro atoms. The molecule has 0 amide bonds. The number of nitrogens with zero attached hydrogens (tertiary/aromatic N) is 4. The molecule has 0 radical (unpaired) electrons. The Kier molecular flexibility index (Phi) is 2.89. The minimum absolute atomic E-state index is 0.130. The monoisotopic (exact) mass is 254 g/mol. The van der Waals surface area contributed by atoms with E-state index in [0.29, 0.717) is 10.8 Å². The van der Waals surface area contributed by atoms with E-state index in [-0.39, 0.29) is 11.7 Å². The van der Waals surface area contributed by atoms with Crippen molar-refractivity contribution in [1.82, 2.24) is 19.3 Å². The molecule has 0 aliphatic heterocycles. The molecule has 2 aromatic rings. The Morgan fingerprint density at radius 2 is 2.29 bits per heavy atom. The third-order valence-electron chi connectivity index (χ3n) is 2.57. The van der Waals surface area contributed by atoms with Crippen LogP contribution in [-0.2, 0) is 7.05 Å². The average molecular weight is 255 g/mol. The van der Waals surface area contributed by atoms with Crippen molar-refractivity contribution in [3.8, 4) is 0 Å². The van der Waals surface area contributed by atoms with Gasteiger partial charge in [-0.15, -0.1) is 10.2 Å². The van der Waals surface area contributed by atoms with Gasteiger partial charge in [0.2, 0.25) is 0 Å². The molecule has 6 nitrogen and oxygen atoms in total. The van der Waals surface area contributed by atoms with Crippen LogP contribution in [0.1, 0.15) is 29.3 Å². The largest absolute Gasteiger partial charge is 0.477 e. The van der Waals surface area contributed by atoms with Crippen LogP contribution in [0.2, 0.25) is 5.02 Å². The highest BCUT2D eigenvalue weighted by Crippen LogP contribution is 2.22. The molecule has 1 N–H and O–H groups in total. The van der Waals surface area contributed by atoms with Gasteiger partial charge in [0, 0.05) is 13.2 Å². The summed E-state index contributed by atoms with van der Waals surface area (Å²) in [5, 5.41) is 17.2. The quantitative estimate of drug-likeness (QED) is 0.903. The maximum atomic E-state index is 11.1. The second-order valence-electron chi connectivity index (χ2n) is 3.73. The topological polar surface area (TPSA) is 72.9 Å². The fraction of sp³-hybridized carbons (Fsp3) is 0.300. The summed E-state index contributed by atoms with van der Waals surface area (Å²) in [7, 11) is 1.80. The number of carbonyl (C=O) groups is 1. The first kappa shape index (κ1) is 11.7. The molecular formula is C10H11ClN4O2. The van der Waals surface area contributed by atoms with Crippen LogP contribution < -0.4 is 0 Å². The molecule has 0 fully saturated rings. The fourth-order valence-electron chi connectivity index (χ4n) is 1.73. The van der Waals surface area contributed by atoms with Crippen LogP contribution >= 0.6 is 11.6 Å². The zero-order chi connectivity index (χ0) is 12.6. The summed E-state index contributed by atoms with van der Waals surface area (Å²) in [6, 6.07) is 1.16. The summed E-state index contributed by atoms with van der Waals surface area (Å²) in [5.74, 6) is -0.356. The zero-order valence-electron chi connectivity index (χ0n) is 9.33. The van der Waals surface area contributed by atoms with Crippen molar-refractivity contribution in [3.63, 3.8) is 0 Å². The molecular weight excluding hydrogens is 244 g/mol. The first-order valence-corrected chi connectivity index (χ1v) is 5.33. The zero-order valence-corrected chi connectivity index (χ0v) is 10.1. The van der Waals surface area contributed by atoms with Gasteiger partial charge in [-0.05, 0) is 13.0 Å². The molecule has 2 heterocycles.